The molecule has 0 amide bonds. The molecule has 0 unspecified atom stereocenters. The topological polar surface area (TPSA) is 111 Å². The number of halogens is 1. The van der Waals surface area contributed by atoms with Gasteiger partial charge in [-0.15, -0.1) is 0 Å². The lowest BCUT2D eigenvalue weighted by Gasteiger charge is -2.00. The van der Waals surface area contributed by atoms with Crippen LogP contribution in [0.3, 0.4) is 0 Å². The van der Waals surface area contributed by atoms with Crippen molar-refractivity contribution in [3.8, 4) is 0 Å². The Morgan fingerprint density at radius 3 is 2.69 bits per heavy atom. The normalized spacial score (nSPS) is 10.6. The van der Waals surface area contributed by atoms with E-state index in [1.807, 2.05) is 0 Å². The average Bonchev–Trinajstić information content (AvgIpc) is 2.61. The van der Waals surface area contributed by atoms with Gasteiger partial charge in [0.2, 0.25) is 5.78 Å². The summed E-state index contributed by atoms with van der Waals surface area (Å²) >= 11 is 2.96. The molecule has 0 spiro atoms. The van der Waals surface area contributed by atoms with E-state index in [1.54, 1.807) is 0 Å². The number of aromatic carboxylic acids is 1. The fraction of sp³-hybridized carbons (Fsp3) is 0. The monoisotopic (exact) mass is 286 g/mol. The fourth-order valence-electron chi connectivity index (χ4n) is 1.19. The van der Waals surface area contributed by atoms with Gasteiger partial charge in [0.05, 0.1) is 11.1 Å². The molecule has 0 bridgehead atoms. The van der Waals surface area contributed by atoms with Gasteiger partial charge in [0.25, 0.3) is 0 Å². The fourth-order valence-corrected chi connectivity index (χ4v) is 1.78. The van der Waals surface area contributed by atoms with Crippen LogP contribution in [-0.4, -0.2) is 30.4 Å². The lowest BCUT2D eigenvalue weighted by Crippen LogP contribution is -2.05. The summed E-state index contributed by atoms with van der Waals surface area (Å²) in [7, 11) is 0. The second-order valence-electron chi connectivity index (χ2n) is 2.78. The number of imidazole rings is 1. The van der Waals surface area contributed by atoms with E-state index in [-0.39, 0.29) is 21.8 Å². The number of carboxylic acids is 1. The van der Waals surface area contributed by atoms with Crippen LogP contribution < -0.4 is 0 Å². The van der Waals surface area contributed by atoms with Crippen molar-refractivity contribution < 1.29 is 14.8 Å². The summed E-state index contributed by atoms with van der Waals surface area (Å²) in [4.78, 5) is 28.2. The Morgan fingerprint density at radius 1 is 1.50 bits per heavy atom. The molecule has 0 radical (unpaired) electrons. The Kier molecular flexibility index (Phi) is 2.31. The number of carbonyl (C=O) groups is 1. The van der Waals surface area contributed by atoms with Crippen LogP contribution in [0.4, 0.5) is 5.69 Å². The first-order valence-corrected chi connectivity index (χ1v) is 4.71. The summed E-state index contributed by atoms with van der Waals surface area (Å²) in [5.41, 5.74) is -0.522. The summed E-state index contributed by atoms with van der Waals surface area (Å²) in [6.07, 6.45) is 2.09. The molecule has 0 atom stereocenters. The van der Waals surface area contributed by atoms with Crippen LogP contribution in [0.5, 0.6) is 0 Å². The summed E-state index contributed by atoms with van der Waals surface area (Å²) < 4.78 is 1.05. The lowest BCUT2D eigenvalue weighted by atomic mass is 10.4. The van der Waals surface area contributed by atoms with E-state index in [0.29, 0.717) is 0 Å². The molecule has 9 heteroatoms. The van der Waals surface area contributed by atoms with Crippen LogP contribution in [0, 0.1) is 10.1 Å². The Labute approximate surface area is 95.8 Å². The smallest absolute Gasteiger partial charge is 0.354 e. The number of hydrogen-bond acceptors (Lipinski definition) is 5. The summed E-state index contributed by atoms with van der Waals surface area (Å²) in [5.74, 6) is -1.16. The third-order valence-corrected chi connectivity index (χ3v) is 2.63. The molecule has 2 aromatic rings. The first kappa shape index (κ1) is 10.5. The molecule has 2 aromatic heterocycles. The van der Waals surface area contributed by atoms with Crippen LogP contribution in [0.2, 0.25) is 0 Å². The van der Waals surface area contributed by atoms with Gasteiger partial charge in [-0.25, -0.2) is 14.8 Å². The van der Waals surface area contributed by atoms with Crippen molar-refractivity contribution in [2.75, 3.05) is 0 Å². The van der Waals surface area contributed by atoms with Gasteiger partial charge in [-0.3, -0.25) is 14.5 Å². The van der Waals surface area contributed by atoms with E-state index in [9.17, 15) is 14.9 Å². The predicted octanol–water partition coefficient (Wildman–Crippen LogP) is 1.10. The van der Waals surface area contributed by atoms with Crippen LogP contribution in [0.15, 0.2) is 17.0 Å². The molecule has 0 aliphatic heterocycles. The van der Waals surface area contributed by atoms with Crippen LogP contribution in [0.1, 0.15) is 10.5 Å². The van der Waals surface area contributed by atoms with E-state index in [4.69, 9.17) is 5.11 Å². The van der Waals surface area contributed by atoms with Crippen LogP contribution in [-0.2, 0) is 0 Å². The Hall–Kier alpha value is -2.03. The van der Waals surface area contributed by atoms with Gasteiger partial charge >= 0.3 is 11.7 Å². The molecule has 0 saturated heterocycles. The third-order valence-electron chi connectivity index (χ3n) is 1.87. The molecule has 1 N–H and O–H groups in total. The summed E-state index contributed by atoms with van der Waals surface area (Å²) in [5, 5.41) is 19.5. The second kappa shape index (κ2) is 3.52. The molecule has 0 aromatic carbocycles. The highest BCUT2D eigenvalue weighted by Gasteiger charge is 2.21. The quantitative estimate of drug-likeness (QED) is 0.503. The van der Waals surface area contributed by atoms with E-state index in [2.05, 4.69) is 25.9 Å². The van der Waals surface area contributed by atoms with Crippen molar-refractivity contribution in [1.82, 2.24) is 14.4 Å². The standard InChI is InChI=1S/C7H3BrN4O4/c8-5-3(12(15)16)1-9-7-10-2-4(6(13)14)11(5)7/h1-2H,(H,13,14). The molecule has 2 heterocycles. The van der Waals surface area contributed by atoms with Gasteiger partial charge < -0.3 is 5.11 Å². The molecule has 0 aliphatic carbocycles. The van der Waals surface area contributed by atoms with Gasteiger partial charge in [0.1, 0.15) is 6.20 Å². The molecular weight excluding hydrogens is 284 g/mol. The second-order valence-corrected chi connectivity index (χ2v) is 3.53. The highest BCUT2D eigenvalue weighted by atomic mass is 79.9. The molecule has 0 saturated carbocycles. The van der Waals surface area contributed by atoms with Crippen molar-refractivity contribution in [2.24, 2.45) is 0 Å². The average molecular weight is 287 g/mol. The number of fused-ring (bicyclic) bond motifs is 1. The maximum absolute atomic E-state index is 10.8. The van der Waals surface area contributed by atoms with Crippen molar-refractivity contribution in [2.45, 2.75) is 0 Å². The van der Waals surface area contributed by atoms with Crippen molar-refractivity contribution in [3.05, 3.63) is 32.8 Å². The zero-order valence-corrected chi connectivity index (χ0v) is 9.08. The number of nitro groups is 1. The van der Waals surface area contributed by atoms with Gasteiger partial charge in [0, 0.05) is 0 Å². The Morgan fingerprint density at radius 2 is 2.12 bits per heavy atom. The van der Waals surface area contributed by atoms with Crippen LogP contribution >= 0.6 is 15.9 Å². The number of rotatable bonds is 2. The minimum absolute atomic E-state index is 0.00241. The minimum Gasteiger partial charge on any atom is -0.477 e. The van der Waals surface area contributed by atoms with Crippen LogP contribution in [0.25, 0.3) is 5.78 Å². The molecule has 8 nitrogen and oxygen atoms in total. The lowest BCUT2D eigenvalue weighted by molar-refractivity contribution is -0.386. The predicted molar refractivity (Wildman–Crippen MR) is 54.3 cm³/mol. The van der Waals surface area contributed by atoms with E-state index in [1.165, 1.54) is 0 Å². The maximum atomic E-state index is 10.8. The minimum atomic E-state index is -1.24. The number of carboxylic acid groups (broad SMARTS) is 1. The third kappa shape index (κ3) is 1.41. The zero-order chi connectivity index (χ0) is 11.9. The van der Waals surface area contributed by atoms with E-state index < -0.39 is 10.9 Å². The van der Waals surface area contributed by atoms with Crippen molar-refractivity contribution in [3.63, 3.8) is 0 Å². The number of nitrogens with zero attached hydrogens (tertiary/aromatic N) is 4. The van der Waals surface area contributed by atoms with Gasteiger partial charge in [-0.2, -0.15) is 0 Å². The van der Waals surface area contributed by atoms with E-state index in [0.717, 1.165) is 16.8 Å². The molecule has 2 rings (SSSR count). The summed E-state index contributed by atoms with van der Waals surface area (Å²) in [6.45, 7) is 0. The molecule has 82 valence electrons. The Balaban J connectivity index is 2.85. The van der Waals surface area contributed by atoms with Crippen molar-refractivity contribution >= 4 is 33.4 Å². The molecule has 0 aliphatic rings. The number of aromatic nitrogens is 3. The maximum Gasteiger partial charge on any atom is 0.354 e. The number of hydrogen-bond donors (Lipinski definition) is 1. The summed E-state index contributed by atoms with van der Waals surface area (Å²) in [6, 6.07) is 0. The molecular formula is C7H3BrN4O4. The highest BCUT2D eigenvalue weighted by Crippen LogP contribution is 2.25. The highest BCUT2D eigenvalue weighted by molar-refractivity contribution is 9.10. The molecule has 0 fully saturated rings. The first-order chi connectivity index (χ1) is 7.52. The van der Waals surface area contributed by atoms with Gasteiger partial charge in [-0.05, 0) is 15.9 Å². The van der Waals surface area contributed by atoms with Gasteiger partial charge in [-0.1, -0.05) is 0 Å². The zero-order valence-electron chi connectivity index (χ0n) is 7.49. The van der Waals surface area contributed by atoms with Gasteiger partial charge in [0.15, 0.2) is 10.3 Å². The SMILES string of the molecule is O=C(O)c1cnc2ncc([N+](=O)[O-])c(Br)n12. The molecule has 16 heavy (non-hydrogen) atoms. The first-order valence-electron chi connectivity index (χ1n) is 3.92. The largest absolute Gasteiger partial charge is 0.477 e. The van der Waals surface area contributed by atoms with Crippen molar-refractivity contribution in [1.29, 1.82) is 0 Å². The van der Waals surface area contributed by atoms with E-state index >= 15 is 0 Å². The Bertz CT molecular complexity index is 608.